The summed E-state index contributed by atoms with van der Waals surface area (Å²) in [7, 11) is -1.87. The molecule has 118 valence electrons. The van der Waals surface area contributed by atoms with Gasteiger partial charge in [-0.25, -0.2) is 12.7 Å². The third-order valence-corrected chi connectivity index (χ3v) is 5.91. The van der Waals surface area contributed by atoms with Crippen molar-refractivity contribution in [2.24, 2.45) is 5.73 Å². The maximum absolute atomic E-state index is 12.4. The minimum atomic E-state index is -3.42. The number of sulfonamides is 1. The summed E-state index contributed by atoms with van der Waals surface area (Å²) in [5.41, 5.74) is 6.38. The van der Waals surface area contributed by atoms with Crippen LogP contribution in [0.4, 0.5) is 0 Å². The summed E-state index contributed by atoms with van der Waals surface area (Å²) in [4.78, 5) is 0. The number of rotatable bonds is 6. The maximum Gasteiger partial charge on any atom is 0.218 e. The lowest BCUT2D eigenvalue weighted by Gasteiger charge is -2.28. The third-order valence-electron chi connectivity index (χ3n) is 4.13. The molecule has 1 aromatic rings. The second-order valence-corrected chi connectivity index (χ2v) is 8.04. The molecule has 0 saturated heterocycles. The molecule has 1 fully saturated rings. The quantitative estimate of drug-likeness (QED) is 0.827. The van der Waals surface area contributed by atoms with Gasteiger partial charge in [0.15, 0.2) is 0 Å². The van der Waals surface area contributed by atoms with Crippen LogP contribution in [-0.2, 0) is 22.3 Å². The molecule has 0 heterocycles. The molecule has 1 aliphatic rings. The van der Waals surface area contributed by atoms with Crippen molar-refractivity contribution >= 4 is 10.0 Å². The van der Waals surface area contributed by atoms with E-state index in [-0.39, 0.29) is 12.3 Å². The number of aliphatic hydroxyl groups is 1. The topological polar surface area (TPSA) is 83.6 Å². The van der Waals surface area contributed by atoms with E-state index in [4.69, 9.17) is 5.73 Å². The Hall–Kier alpha value is -0.950. The molecule has 0 bridgehead atoms. The SMILES string of the molecule is CN(CC1(O)CCCC1)S(=O)(=O)Cc1ccc(CN)cc1. The van der Waals surface area contributed by atoms with Gasteiger partial charge in [0.2, 0.25) is 10.0 Å². The van der Waals surface area contributed by atoms with Crippen molar-refractivity contribution in [1.29, 1.82) is 0 Å². The molecule has 0 aromatic heterocycles. The molecule has 0 radical (unpaired) electrons. The van der Waals surface area contributed by atoms with Crippen LogP contribution in [0.15, 0.2) is 24.3 Å². The highest BCUT2D eigenvalue weighted by atomic mass is 32.2. The first-order valence-electron chi connectivity index (χ1n) is 7.29. The third kappa shape index (κ3) is 4.26. The van der Waals surface area contributed by atoms with Gasteiger partial charge >= 0.3 is 0 Å². The lowest BCUT2D eigenvalue weighted by Crippen LogP contribution is -2.42. The van der Waals surface area contributed by atoms with Crippen molar-refractivity contribution in [3.05, 3.63) is 35.4 Å². The van der Waals surface area contributed by atoms with Crippen LogP contribution in [-0.4, -0.2) is 37.0 Å². The van der Waals surface area contributed by atoms with Crippen LogP contribution in [0.5, 0.6) is 0 Å². The zero-order valence-electron chi connectivity index (χ0n) is 12.5. The lowest BCUT2D eigenvalue weighted by atomic mass is 10.0. The maximum atomic E-state index is 12.4. The Morgan fingerprint density at radius 2 is 1.71 bits per heavy atom. The average Bonchev–Trinajstić information content (AvgIpc) is 2.85. The fourth-order valence-corrected chi connectivity index (χ4v) is 4.07. The van der Waals surface area contributed by atoms with Crippen molar-refractivity contribution in [2.45, 2.75) is 43.6 Å². The highest BCUT2D eigenvalue weighted by Gasteiger charge is 2.35. The van der Waals surface area contributed by atoms with Gasteiger partial charge in [0, 0.05) is 20.1 Å². The van der Waals surface area contributed by atoms with E-state index in [1.807, 2.05) is 12.1 Å². The molecular weight excluding hydrogens is 288 g/mol. The Morgan fingerprint density at radius 3 is 2.24 bits per heavy atom. The van der Waals surface area contributed by atoms with Gasteiger partial charge in [-0.05, 0) is 24.0 Å². The van der Waals surface area contributed by atoms with Crippen LogP contribution in [0.3, 0.4) is 0 Å². The van der Waals surface area contributed by atoms with Crippen LogP contribution >= 0.6 is 0 Å². The molecule has 0 aliphatic heterocycles. The summed E-state index contributed by atoms with van der Waals surface area (Å²) in [6.07, 6.45) is 3.28. The molecule has 0 atom stereocenters. The smallest absolute Gasteiger partial charge is 0.218 e. The van der Waals surface area contributed by atoms with E-state index in [2.05, 4.69) is 0 Å². The zero-order chi connectivity index (χ0) is 15.5. The minimum absolute atomic E-state index is 0.0512. The van der Waals surface area contributed by atoms with Gasteiger partial charge in [-0.15, -0.1) is 0 Å². The van der Waals surface area contributed by atoms with Crippen LogP contribution in [0, 0.1) is 0 Å². The van der Waals surface area contributed by atoms with E-state index in [1.54, 1.807) is 19.2 Å². The molecular formula is C15H24N2O3S. The minimum Gasteiger partial charge on any atom is -0.389 e. The Balaban J connectivity index is 2.02. The van der Waals surface area contributed by atoms with E-state index in [1.165, 1.54) is 4.31 Å². The number of hydrogen-bond donors (Lipinski definition) is 2. The monoisotopic (exact) mass is 312 g/mol. The molecule has 1 aromatic carbocycles. The second kappa shape index (κ2) is 6.44. The number of nitrogens with zero attached hydrogens (tertiary/aromatic N) is 1. The normalized spacial score (nSPS) is 18.3. The van der Waals surface area contributed by atoms with E-state index in [0.29, 0.717) is 19.4 Å². The van der Waals surface area contributed by atoms with Gasteiger partial charge in [0.25, 0.3) is 0 Å². The summed E-state index contributed by atoms with van der Waals surface area (Å²) < 4.78 is 26.0. The molecule has 0 spiro atoms. The van der Waals surface area contributed by atoms with Crippen molar-refractivity contribution in [2.75, 3.05) is 13.6 Å². The molecule has 3 N–H and O–H groups in total. The molecule has 0 unspecified atom stereocenters. The first-order chi connectivity index (χ1) is 9.85. The number of likely N-dealkylation sites (N-methyl/N-ethyl adjacent to an activating group) is 1. The standard InChI is InChI=1S/C15H24N2O3S/c1-17(12-15(18)8-2-3-9-15)21(19,20)11-14-6-4-13(10-16)5-7-14/h4-7,18H,2-3,8-12,16H2,1H3. The Kier molecular flexibility index (Phi) is 5.03. The molecule has 2 rings (SSSR count). The first-order valence-corrected chi connectivity index (χ1v) is 8.90. The molecule has 0 amide bonds. The van der Waals surface area contributed by atoms with Gasteiger partial charge in [0.05, 0.1) is 11.4 Å². The van der Waals surface area contributed by atoms with Gasteiger partial charge in [-0.2, -0.15) is 0 Å². The van der Waals surface area contributed by atoms with E-state index in [0.717, 1.165) is 24.0 Å². The van der Waals surface area contributed by atoms with Gasteiger partial charge in [-0.1, -0.05) is 37.1 Å². The van der Waals surface area contributed by atoms with Crippen LogP contribution in [0.25, 0.3) is 0 Å². The fraction of sp³-hybridized carbons (Fsp3) is 0.600. The van der Waals surface area contributed by atoms with Crippen molar-refractivity contribution in [3.63, 3.8) is 0 Å². The van der Waals surface area contributed by atoms with E-state index >= 15 is 0 Å². The van der Waals surface area contributed by atoms with Gasteiger partial charge in [0.1, 0.15) is 0 Å². The molecule has 5 nitrogen and oxygen atoms in total. The molecule has 1 aliphatic carbocycles. The Morgan fingerprint density at radius 1 is 1.19 bits per heavy atom. The van der Waals surface area contributed by atoms with Gasteiger partial charge < -0.3 is 10.8 Å². The predicted molar refractivity (Wildman–Crippen MR) is 83.0 cm³/mol. The predicted octanol–water partition coefficient (Wildman–Crippen LogP) is 1.21. The summed E-state index contributed by atoms with van der Waals surface area (Å²) in [6.45, 7) is 0.621. The van der Waals surface area contributed by atoms with E-state index in [9.17, 15) is 13.5 Å². The summed E-state index contributed by atoms with van der Waals surface area (Å²) in [5.74, 6) is -0.0512. The summed E-state index contributed by atoms with van der Waals surface area (Å²) in [6, 6.07) is 7.26. The van der Waals surface area contributed by atoms with Crippen LogP contribution < -0.4 is 5.73 Å². The molecule has 6 heteroatoms. The summed E-state index contributed by atoms with van der Waals surface area (Å²) in [5, 5.41) is 10.3. The largest absolute Gasteiger partial charge is 0.389 e. The van der Waals surface area contributed by atoms with Crippen LogP contribution in [0.2, 0.25) is 0 Å². The zero-order valence-corrected chi connectivity index (χ0v) is 13.3. The first kappa shape index (κ1) is 16.4. The van der Waals surface area contributed by atoms with E-state index < -0.39 is 15.6 Å². The molecule has 21 heavy (non-hydrogen) atoms. The summed E-state index contributed by atoms with van der Waals surface area (Å²) >= 11 is 0. The number of benzene rings is 1. The van der Waals surface area contributed by atoms with Crippen molar-refractivity contribution in [1.82, 2.24) is 4.31 Å². The fourth-order valence-electron chi connectivity index (χ4n) is 2.80. The number of hydrogen-bond acceptors (Lipinski definition) is 4. The highest BCUT2D eigenvalue weighted by molar-refractivity contribution is 7.88. The second-order valence-electron chi connectivity index (χ2n) is 5.96. The van der Waals surface area contributed by atoms with Gasteiger partial charge in [-0.3, -0.25) is 0 Å². The Labute approximate surface area is 126 Å². The average molecular weight is 312 g/mol. The molecule has 1 saturated carbocycles. The van der Waals surface area contributed by atoms with Crippen molar-refractivity contribution in [3.8, 4) is 0 Å². The Bertz CT molecular complexity index is 563. The highest BCUT2D eigenvalue weighted by Crippen LogP contribution is 2.30. The van der Waals surface area contributed by atoms with Crippen molar-refractivity contribution < 1.29 is 13.5 Å². The number of nitrogens with two attached hydrogens (primary N) is 1. The lowest BCUT2D eigenvalue weighted by molar-refractivity contribution is 0.0333. The van der Waals surface area contributed by atoms with Crippen LogP contribution in [0.1, 0.15) is 36.8 Å².